The highest BCUT2D eigenvalue weighted by molar-refractivity contribution is 5.13. The topological polar surface area (TPSA) is 21.3 Å². The summed E-state index contributed by atoms with van der Waals surface area (Å²) in [7, 11) is 0. The molecule has 0 bridgehead atoms. The summed E-state index contributed by atoms with van der Waals surface area (Å²) in [5, 5.41) is 3.51. The van der Waals surface area contributed by atoms with Gasteiger partial charge in [0.2, 0.25) is 0 Å². The molecule has 0 amide bonds. The van der Waals surface area contributed by atoms with Gasteiger partial charge in [0.1, 0.15) is 0 Å². The van der Waals surface area contributed by atoms with Crippen molar-refractivity contribution in [3.63, 3.8) is 0 Å². The summed E-state index contributed by atoms with van der Waals surface area (Å²) in [6.07, 6.45) is 7.93. The first-order valence-corrected chi connectivity index (χ1v) is 6.28. The molecule has 1 atom stereocenters. The van der Waals surface area contributed by atoms with Gasteiger partial charge in [-0.25, -0.2) is 0 Å². The van der Waals surface area contributed by atoms with Gasteiger partial charge >= 0.3 is 0 Å². The molecule has 0 aliphatic heterocycles. The van der Waals surface area contributed by atoms with Gasteiger partial charge in [-0.2, -0.15) is 0 Å². The number of rotatable bonds is 6. The van der Waals surface area contributed by atoms with E-state index in [1.807, 2.05) is 0 Å². The van der Waals surface area contributed by atoms with Crippen molar-refractivity contribution >= 4 is 0 Å². The Morgan fingerprint density at radius 2 is 2.20 bits per heavy atom. The van der Waals surface area contributed by atoms with E-state index in [-0.39, 0.29) is 0 Å². The number of nitrogens with one attached hydrogen (secondary N) is 1. The molecule has 0 saturated heterocycles. The minimum absolute atomic E-state index is 0.329. The molecular formula is C13H25NO. The number of hydrogen-bond donors (Lipinski definition) is 1. The van der Waals surface area contributed by atoms with E-state index in [1.165, 1.54) is 25.7 Å². The lowest BCUT2D eigenvalue weighted by Gasteiger charge is -2.24. The SMILES string of the molecule is CCNC(COC(C)C)C1=CCCCC1. The number of ether oxygens (including phenoxy) is 1. The van der Waals surface area contributed by atoms with Crippen LogP contribution in [0.3, 0.4) is 0 Å². The number of hydrogen-bond acceptors (Lipinski definition) is 2. The van der Waals surface area contributed by atoms with Crippen LogP contribution in [0.4, 0.5) is 0 Å². The first-order valence-electron chi connectivity index (χ1n) is 6.28. The van der Waals surface area contributed by atoms with E-state index < -0.39 is 0 Å². The average molecular weight is 211 g/mol. The van der Waals surface area contributed by atoms with Crippen molar-refractivity contribution in [1.29, 1.82) is 0 Å². The van der Waals surface area contributed by atoms with Crippen LogP contribution in [-0.2, 0) is 4.74 Å². The standard InChI is InChI=1S/C13H25NO/c1-4-14-13(10-15-11(2)3)12-8-6-5-7-9-12/h8,11,13-14H,4-7,9-10H2,1-3H3. The third-order valence-corrected chi connectivity index (χ3v) is 2.82. The van der Waals surface area contributed by atoms with E-state index >= 15 is 0 Å². The molecule has 0 fully saturated rings. The smallest absolute Gasteiger partial charge is 0.0661 e. The molecule has 0 aromatic carbocycles. The molecule has 1 N–H and O–H groups in total. The molecule has 1 rings (SSSR count). The zero-order chi connectivity index (χ0) is 11.1. The van der Waals surface area contributed by atoms with E-state index in [9.17, 15) is 0 Å². The van der Waals surface area contributed by atoms with Crippen LogP contribution in [0.15, 0.2) is 11.6 Å². The summed E-state index contributed by atoms with van der Waals surface area (Å²) in [5.41, 5.74) is 1.56. The Bertz CT molecular complexity index is 199. The van der Waals surface area contributed by atoms with Crippen LogP contribution < -0.4 is 5.32 Å². The lowest BCUT2D eigenvalue weighted by molar-refractivity contribution is 0.0670. The van der Waals surface area contributed by atoms with Crippen molar-refractivity contribution in [3.8, 4) is 0 Å². The van der Waals surface area contributed by atoms with E-state index in [0.717, 1.165) is 13.2 Å². The minimum Gasteiger partial charge on any atom is -0.377 e. The molecule has 0 radical (unpaired) electrons. The molecule has 2 nitrogen and oxygen atoms in total. The number of likely N-dealkylation sites (N-methyl/N-ethyl adjacent to an activating group) is 1. The summed E-state index contributed by atoms with van der Waals surface area (Å²) in [6, 6.07) is 0.442. The van der Waals surface area contributed by atoms with E-state index in [1.54, 1.807) is 5.57 Å². The summed E-state index contributed by atoms with van der Waals surface area (Å²) in [6.45, 7) is 8.18. The van der Waals surface area contributed by atoms with Gasteiger partial charge in [0.05, 0.1) is 18.8 Å². The van der Waals surface area contributed by atoms with Gasteiger partial charge in [-0.1, -0.05) is 18.6 Å². The molecule has 88 valence electrons. The second-order valence-electron chi connectivity index (χ2n) is 4.52. The van der Waals surface area contributed by atoms with Crippen molar-refractivity contribution in [2.24, 2.45) is 0 Å². The van der Waals surface area contributed by atoms with Gasteiger partial charge in [-0.05, 0) is 46.1 Å². The summed E-state index contributed by atoms with van der Waals surface area (Å²) >= 11 is 0. The first kappa shape index (κ1) is 12.7. The van der Waals surface area contributed by atoms with Gasteiger partial charge in [-0.3, -0.25) is 0 Å². The van der Waals surface area contributed by atoms with E-state index in [2.05, 4.69) is 32.2 Å². The Morgan fingerprint density at radius 1 is 1.40 bits per heavy atom. The first-order chi connectivity index (χ1) is 7.24. The molecule has 1 aliphatic rings. The maximum Gasteiger partial charge on any atom is 0.0661 e. The molecule has 0 saturated carbocycles. The number of allylic oxidation sites excluding steroid dienone is 1. The lowest BCUT2D eigenvalue weighted by Crippen LogP contribution is -2.36. The van der Waals surface area contributed by atoms with Gasteiger partial charge in [0.15, 0.2) is 0 Å². The molecular weight excluding hydrogens is 186 g/mol. The second kappa shape index (κ2) is 7.02. The molecule has 1 aliphatic carbocycles. The van der Waals surface area contributed by atoms with Crippen LogP contribution >= 0.6 is 0 Å². The summed E-state index contributed by atoms with van der Waals surface area (Å²) in [5.74, 6) is 0. The zero-order valence-electron chi connectivity index (χ0n) is 10.4. The molecule has 0 aromatic heterocycles. The van der Waals surface area contributed by atoms with Crippen LogP contribution in [0.1, 0.15) is 46.5 Å². The van der Waals surface area contributed by atoms with Crippen LogP contribution in [0.25, 0.3) is 0 Å². The fourth-order valence-corrected chi connectivity index (χ4v) is 2.01. The molecule has 0 heterocycles. The molecule has 0 aromatic rings. The van der Waals surface area contributed by atoms with Gasteiger partial charge in [0, 0.05) is 0 Å². The molecule has 15 heavy (non-hydrogen) atoms. The van der Waals surface area contributed by atoms with Gasteiger partial charge < -0.3 is 10.1 Å². The molecule has 1 unspecified atom stereocenters. The predicted octanol–water partition coefficient (Wildman–Crippen LogP) is 2.89. The Labute approximate surface area is 94.1 Å². The normalized spacial score (nSPS) is 19.1. The quantitative estimate of drug-likeness (QED) is 0.682. The highest BCUT2D eigenvalue weighted by atomic mass is 16.5. The second-order valence-corrected chi connectivity index (χ2v) is 4.52. The Balaban J connectivity index is 2.44. The fraction of sp³-hybridized carbons (Fsp3) is 0.846. The van der Waals surface area contributed by atoms with E-state index in [4.69, 9.17) is 4.74 Å². The third kappa shape index (κ3) is 4.80. The maximum absolute atomic E-state index is 5.71. The minimum atomic E-state index is 0.329. The van der Waals surface area contributed by atoms with Crippen molar-refractivity contribution in [1.82, 2.24) is 5.32 Å². The maximum atomic E-state index is 5.71. The van der Waals surface area contributed by atoms with Crippen molar-refractivity contribution in [2.45, 2.75) is 58.6 Å². The highest BCUT2D eigenvalue weighted by Crippen LogP contribution is 2.20. The lowest BCUT2D eigenvalue weighted by atomic mass is 9.94. The Kier molecular flexibility index (Phi) is 5.96. The monoisotopic (exact) mass is 211 g/mol. The Hall–Kier alpha value is -0.340. The van der Waals surface area contributed by atoms with Crippen LogP contribution in [0, 0.1) is 0 Å². The van der Waals surface area contributed by atoms with Crippen molar-refractivity contribution in [2.75, 3.05) is 13.2 Å². The average Bonchev–Trinajstić information content (AvgIpc) is 2.25. The fourth-order valence-electron chi connectivity index (χ4n) is 2.01. The van der Waals surface area contributed by atoms with Crippen LogP contribution in [0.2, 0.25) is 0 Å². The van der Waals surface area contributed by atoms with Gasteiger partial charge in [-0.15, -0.1) is 0 Å². The largest absolute Gasteiger partial charge is 0.377 e. The third-order valence-electron chi connectivity index (χ3n) is 2.82. The predicted molar refractivity (Wildman–Crippen MR) is 65.1 cm³/mol. The van der Waals surface area contributed by atoms with Crippen LogP contribution in [0.5, 0.6) is 0 Å². The summed E-state index contributed by atoms with van der Waals surface area (Å²) < 4.78 is 5.71. The summed E-state index contributed by atoms with van der Waals surface area (Å²) in [4.78, 5) is 0. The van der Waals surface area contributed by atoms with Gasteiger partial charge in [0.25, 0.3) is 0 Å². The van der Waals surface area contributed by atoms with Crippen LogP contribution in [-0.4, -0.2) is 25.3 Å². The van der Waals surface area contributed by atoms with Crippen molar-refractivity contribution < 1.29 is 4.74 Å². The Morgan fingerprint density at radius 3 is 2.73 bits per heavy atom. The highest BCUT2D eigenvalue weighted by Gasteiger charge is 2.15. The van der Waals surface area contributed by atoms with Crippen molar-refractivity contribution in [3.05, 3.63) is 11.6 Å². The molecule has 0 spiro atoms. The zero-order valence-corrected chi connectivity index (χ0v) is 10.4. The van der Waals surface area contributed by atoms with E-state index in [0.29, 0.717) is 12.1 Å². The molecule has 2 heteroatoms.